The summed E-state index contributed by atoms with van der Waals surface area (Å²) in [5.74, 6) is -0.406. The fourth-order valence-electron chi connectivity index (χ4n) is 4.84. The lowest BCUT2D eigenvalue weighted by Gasteiger charge is -2.34. The Labute approximate surface area is 226 Å². The van der Waals surface area contributed by atoms with Crippen molar-refractivity contribution < 1.29 is 9.18 Å². The number of halogens is 1. The summed E-state index contributed by atoms with van der Waals surface area (Å²) in [7, 11) is 0. The zero-order chi connectivity index (χ0) is 26.6. The highest BCUT2D eigenvalue weighted by molar-refractivity contribution is 5.94. The largest absolute Gasteiger partial charge is 0.335 e. The molecule has 0 N–H and O–H groups in total. The van der Waals surface area contributed by atoms with E-state index in [9.17, 15) is 9.18 Å². The zero-order valence-electron chi connectivity index (χ0n) is 21.5. The van der Waals surface area contributed by atoms with E-state index in [4.69, 9.17) is 10.1 Å². The van der Waals surface area contributed by atoms with Gasteiger partial charge in [0.25, 0.3) is 5.91 Å². The summed E-state index contributed by atoms with van der Waals surface area (Å²) in [5.41, 5.74) is 5.23. The van der Waals surface area contributed by atoms with E-state index in [1.807, 2.05) is 59.5 Å². The molecule has 3 aromatic carbocycles. The van der Waals surface area contributed by atoms with Gasteiger partial charge in [-0.3, -0.25) is 9.69 Å². The van der Waals surface area contributed by atoms with Crippen LogP contribution in [0.4, 0.5) is 4.39 Å². The highest BCUT2D eigenvalue weighted by Crippen LogP contribution is 2.25. The highest BCUT2D eigenvalue weighted by atomic mass is 19.1. The molecule has 6 rings (SSSR count). The Kier molecular flexibility index (Phi) is 6.97. The normalized spacial score (nSPS) is 14.3. The number of hydrogen-bond donors (Lipinski definition) is 0. The van der Waals surface area contributed by atoms with Crippen molar-refractivity contribution in [2.75, 3.05) is 32.7 Å². The van der Waals surface area contributed by atoms with Crippen LogP contribution in [0.5, 0.6) is 0 Å². The number of hydrogen-bond acceptors (Lipinski definition) is 4. The van der Waals surface area contributed by atoms with Gasteiger partial charge in [0, 0.05) is 49.9 Å². The molecule has 1 saturated heterocycles. The predicted octanol–water partition coefficient (Wildman–Crippen LogP) is 5.67. The summed E-state index contributed by atoms with van der Waals surface area (Å²) >= 11 is 0. The minimum atomic E-state index is -0.316. The third kappa shape index (κ3) is 5.49. The summed E-state index contributed by atoms with van der Waals surface area (Å²) in [4.78, 5) is 22.8. The van der Waals surface area contributed by atoms with Gasteiger partial charge in [-0.15, -0.1) is 0 Å². The van der Waals surface area contributed by atoms with Gasteiger partial charge in [-0.05, 0) is 35.9 Å². The fourth-order valence-corrected chi connectivity index (χ4v) is 4.84. The third-order valence-corrected chi connectivity index (χ3v) is 6.99. The van der Waals surface area contributed by atoms with Crippen LogP contribution in [-0.2, 0) is 0 Å². The molecule has 7 heteroatoms. The Balaban J connectivity index is 1.25. The van der Waals surface area contributed by atoms with Crippen molar-refractivity contribution >= 4 is 17.6 Å². The van der Waals surface area contributed by atoms with Crippen LogP contribution in [0, 0.1) is 5.82 Å². The number of amides is 1. The first kappa shape index (κ1) is 24.7. The lowest BCUT2D eigenvalue weighted by Crippen LogP contribution is -2.49. The quantitative estimate of drug-likeness (QED) is 0.291. The standard InChI is InChI=1S/C32H28FN5O/c33-27-15-13-26(14-16-27)28-22-30(38-31(34-28)23-29(35-38)25-11-5-2-6-12-25)32(39)37-20-18-36(19-21-37)17-7-10-24-8-3-1-4-9-24/h1-16,22-23H,17-21H2/b10-7+. The molecular weight excluding hydrogens is 489 g/mol. The fraction of sp³-hybridized carbons (Fsp3) is 0.156. The Morgan fingerprint density at radius 2 is 1.46 bits per heavy atom. The van der Waals surface area contributed by atoms with Gasteiger partial charge < -0.3 is 4.90 Å². The van der Waals surface area contributed by atoms with E-state index in [0.29, 0.717) is 30.1 Å². The molecule has 0 saturated carbocycles. The van der Waals surface area contributed by atoms with Crippen molar-refractivity contribution in [2.24, 2.45) is 0 Å². The van der Waals surface area contributed by atoms with Crippen molar-refractivity contribution in [2.45, 2.75) is 0 Å². The topological polar surface area (TPSA) is 53.7 Å². The first-order valence-corrected chi connectivity index (χ1v) is 13.1. The van der Waals surface area contributed by atoms with Crippen molar-refractivity contribution in [3.63, 3.8) is 0 Å². The minimum Gasteiger partial charge on any atom is -0.335 e. The van der Waals surface area contributed by atoms with Gasteiger partial charge in [-0.2, -0.15) is 5.10 Å². The summed E-state index contributed by atoms with van der Waals surface area (Å²) in [6.45, 7) is 3.67. The molecule has 2 aromatic heterocycles. The molecule has 39 heavy (non-hydrogen) atoms. The Morgan fingerprint density at radius 1 is 0.795 bits per heavy atom. The maximum Gasteiger partial charge on any atom is 0.272 e. The van der Waals surface area contributed by atoms with Crippen molar-refractivity contribution in [1.82, 2.24) is 24.4 Å². The van der Waals surface area contributed by atoms with Crippen LogP contribution in [0.15, 0.2) is 103 Å². The molecule has 0 unspecified atom stereocenters. The molecule has 1 aliphatic rings. The number of benzene rings is 3. The van der Waals surface area contributed by atoms with Gasteiger partial charge in [0.2, 0.25) is 0 Å². The first-order valence-electron chi connectivity index (χ1n) is 13.1. The van der Waals surface area contributed by atoms with Crippen molar-refractivity contribution in [3.05, 3.63) is 120 Å². The van der Waals surface area contributed by atoms with Gasteiger partial charge in [0.15, 0.2) is 5.65 Å². The number of piperazine rings is 1. The molecule has 3 heterocycles. The molecule has 0 atom stereocenters. The maximum absolute atomic E-state index is 13.8. The molecule has 1 fully saturated rings. The predicted molar refractivity (Wildman–Crippen MR) is 152 cm³/mol. The monoisotopic (exact) mass is 517 g/mol. The Hall–Kier alpha value is -4.62. The van der Waals surface area contributed by atoms with Crippen LogP contribution < -0.4 is 0 Å². The lowest BCUT2D eigenvalue weighted by atomic mass is 10.1. The van der Waals surface area contributed by atoms with Crippen LogP contribution in [0.25, 0.3) is 34.2 Å². The van der Waals surface area contributed by atoms with E-state index in [2.05, 4.69) is 29.2 Å². The molecule has 6 nitrogen and oxygen atoms in total. The number of nitrogens with zero attached hydrogens (tertiary/aromatic N) is 5. The first-order chi connectivity index (χ1) is 19.1. The van der Waals surface area contributed by atoms with Gasteiger partial charge in [0.05, 0.1) is 11.4 Å². The summed E-state index contributed by atoms with van der Waals surface area (Å²) in [6, 6.07) is 29.9. The Morgan fingerprint density at radius 3 is 2.18 bits per heavy atom. The average molecular weight is 518 g/mol. The second kappa shape index (κ2) is 11.0. The minimum absolute atomic E-state index is 0.0899. The van der Waals surface area contributed by atoms with Gasteiger partial charge in [-0.25, -0.2) is 13.9 Å². The van der Waals surface area contributed by atoms with E-state index in [0.717, 1.165) is 36.5 Å². The molecule has 5 aromatic rings. The summed E-state index contributed by atoms with van der Waals surface area (Å²) < 4.78 is 15.2. The molecule has 0 spiro atoms. The van der Waals surface area contributed by atoms with E-state index >= 15 is 0 Å². The second-order valence-corrected chi connectivity index (χ2v) is 9.60. The van der Waals surface area contributed by atoms with Gasteiger partial charge >= 0.3 is 0 Å². The highest BCUT2D eigenvalue weighted by Gasteiger charge is 2.25. The second-order valence-electron chi connectivity index (χ2n) is 9.60. The van der Waals surface area contributed by atoms with Gasteiger partial charge in [0.1, 0.15) is 11.5 Å². The number of aromatic nitrogens is 3. The summed E-state index contributed by atoms with van der Waals surface area (Å²) in [5, 5.41) is 4.76. The van der Waals surface area contributed by atoms with E-state index < -0.39 is 0 Å². The van der Waals surface area contributed by atoms with Gasteiger partial charge in [-0.1, -0.05) is 72.8 Å². The number of carbonyl (C=O) groups excluding carboxylic acids is 1. The van der Waals surface area contributed by atoms with Crippen molar-refractivity contribution in [1.29, 1.82) is 0 Å². The van der Waals surface area contributed by atoms with Crippen LogP contribution in [0.1, 0.15) is 16.1 Å². The van der Waals surface area contributed by atoms with Crippen LogP contribution in [-0.4, -0.2) is 63.0 Å². The van der Waals surface area contributed by atoms with Crippen LogP contribution >= 0.6 is 0 Å². The Bertz CT molecular complexity index is 1610. The summed E-state index contributed by atoms with van der Waals surface area (Å²) in [6.07, 6.45) is 4.30. The molecule has 0 radical (unpaired) electrons. The lowest BCUT2D eigenvalue weighted by molar-refractivity contribution is 0.0641. The van der Waals surface area contributed by atoms with E-state index in [1.165, 1.54) is 17.7 Å². The maximum atomic E-state index is 13.8. The SMILES string of the molecule is O=C(c1cc(-c2ccc(F)cc2)nc2cc(-c3ccccc3)nn12)N1CCN(C/C=C/c2ccccc2)CC1. The van der Waals surface area contributed by atoms with Crippen LogP contribution in [0.2, 0.25) is 0 Å². The smallest absolute Gasteiger partial charge is 0.272 e. The zero-order valence-corrected chi connectivity index (χ0v) is 21.5. The molecule has 0 bridgehead atoms. The molecule has 1 amide bonds. The number of carbonyl (C=O) groups is 1. The molecular formula is C32H28FN5O. The number of rotatable bonds is 6. The molecule has 1 aliphatic heterocycles. The van der Waals surface area contributed by atoms with Crippen molar-refractivity contribution in [3.8, 4) is 22.5 Å². The third-order valence-electron chi connectivity index (χ3n) is 6.99. The van der Waals surface area contributed by atoms with Crippen LogP contribution in [0.3, 0.4) is 0 Å². The van der Waals surface area contributed by atoms with E-state index in [-0.39, 0.29) is 11.7 Å². The number of fused-ring (bicyclic) bond motifs is 1. The average Bonchev–Trinajstić information content (AvgIpc) is 3.43. The molecule has 0 aliphatic carbocycles. The molecule has 194 valence electrons. The van der Waals surface area contributed by atoms with E-state index in [1.54, 1.807) is 22.7 Å².